The van der Waals surface area contributed by atoms with Crippen LogP contribution in [0.3, 0.4) is 0 Å². The zero-order valence-electron chi connectivity index (χ0n) is 7.06. The fraction of sp³-hybridized carbons (Fsp3) is 0.600. The molecule has 0 heterocycles. The highest BCUT2D eigenvalue weighted by Crippen LogP contribution is 1.87. The SMILES string of the molecule is CC(=O)OCS(=O)(=O)NOC(C)=O. The summed E-state index contributed by atoms with van der Waals surface area (Å²) in [5.41, 5.74) is 0. The van der Waals surface area contributed by atoms with Gasteiger partial charge in [0.25, 0.3) is 10.0 Å². The molecule has 0 fully saturated rings. The molecule has 0 aromatic rings. The van der Waals surface area contributed by atoms with Gasteiger partial charge in [-0.25, -0.2) is 8.42 Å². The quantitative estimate of drug-likeness (QED) is 0.468. The number of carbonyl (C=O) groups excluding carboxylic acids is 2. The van der Waals surface area contributed by atoms with Crippen molar-refractivity contribution in [2.75, 3.05) is 5.94 Å². The summed E-state index contributed by atoms with van der Waals surface area (Å²) in [5.74, 6) is -2.44. The average Bonchev–Trinajstić information content (AvgIpc) is 1.98. The van der Waals surface area contributed by atoms with E-state index in [-0.39, 0.29) is 0 Å². The number of hydrogen-bond acceptors (Lipinski definition) is 6. The Morgan fingerprint density at radius 2 is 1.77 bits per heavy atom. The van der Waals surface area contributed by atoms with E-state index in [4.69, 9.17) is 0 Å². The van der Waals surface area contributed by atoms with E-state index in [1.165, 1.54) is 4.89 Å². The largest absolute Gasteiger partial charge is 0.448 e. The first-order chi connectivity index (χ1) is 5.83. The summed E-state index contributed by atoms with van der Waals surface area (Å²) in [6.45, 7) is 2.08. The van der Waals surface area contributed by atoms with Crippen molar-refractivity contribution in [1.29, 1.82) is 0 Å². The molecule has 0 aromatic heterocycles. The van der Waals surface area contributed by atoms with E-state index in [9.17, 15) is 18.0 Å². The Hall–Kier alpha value is -1.15. The lowest BCUT2D eigenvalue weighted by molar-refractivity contribution is -0.144. The van der Waals surface area contributed by atoms with Crippen LogP contribution in [0.4, 0.5) is 0 Å². The molecule has 0 bridgehead atoms. The molecule has 1 N–H and O–H groups in total. The predicted molar refractivity (Wildman–Crippen MR) is 40.5 cm³/mol. The maximum atomic E-state index is 10.8. The smallest absolute Gasteiger partial charge is 0.323 e. The highest BCUT2D eigenvalue weighted by atomic mass is 32.2. The fourth-order valence-corrected chi connectivity index (χ4v) is 0.920. The fourth-order valence-electron chi connectivity index (χ4n) is 0.307. The molecule has 7 nitrogen and oxygen atoms in total. The summed E-state index contributed by atoms with van der Waals surface area (Å²) in [6.07, 6.45) is 0. The first-order valence-electron chi connectivity index (χ1n) is 3.14. The molecule has 0 radical (unpaired) electrons. The molecule has 0 atom stereocenters. The minimum Gasteiger partial charge on any atom is -0.448 e. The molecule has 0 saturated carbocycles. The normalized spacial score (nSPS) is 10.6. The van der Waals surface area contributed by atoms with Gasteiger partial charge in [-0.05, 0) is 4.89 Å². The number of esters is 1. The first-order valence-corrected chi connectivity index (χ1v) is 4.79. The summed E-state index contributed by atoms with van der Waals surface area (Å²) < 4.78 is 25.7. The molecular formula is C5H9NO6S. The van der Waals surface area contributed by atoms with Crippen LogP contribution in [0.1, 0.15) is 13.8 Å². The number of hydrogen-bond donors (Lipinski definition) is 1. The van der Waals surface area contributed by atoms with Crippen molar-refractivity contribution < 1.29 is 27.6 Å². The summed E-state index contributed by atoms with van der Waals surface area (Å²) in [5, 5.41) is 0. The van der Waals surface area contributed by atoms with Gasteiger partial charge >= 0.3 is 11.9 Å². The molecule has 0 amide bonds. The molecule has 76 valence electrons. The molecule has 0 saturated heterocycles. The van der Waals surface area contributed by atoms with Gasteiger partial charge < -0.3 is 9.57 Å². The van der Waals surface area contributed by atoms with Crippen LogP contribution in [0.5, 0.6) is 0 Å². The zero-order chi connectivity index (χ0) is 10.5. The van der Waals surface area contributed by atoms with Gasteiger partial charge in [0.05, 0.1) is 0 Å². The second kappa shape index (κ2) is 4.77. The maximum Gasteiger partial charge on any atom is 0.323 e. The molecule has 0 spiro atoms. The van der Waals surface area contributed by atoms with Crippen LogP contribution in [0.2, 0.25) is 0 Å². The van der Waals surface area contributed by atoms with Gasteiger partial charge in [0.2, 0.25) is 5.94 Å². The van der Waals surface area contributed by atoms with Gasteiger partial charge in [0, 0.05) is 13.8 Å². The van der Waals surface area contributed by atoms with Crippen molar-refractivity contribution in [3.8, 4) is 0 Å². The predicted octanol–water partition coefficient (Wildman–Crippen LogP) is -1.10. The summed E-state index contributed by atoms with van der Waals surface area (Å²) in [6, 6.07) is 0. The second-order valence-electron chi connectivity index (χ2n) is 2.05. The lowest BCUT2D eigenvalue weighted by Crippen LogP contribution is -2.30. The van der Waals surface area contributed by atoms with Gasteiger partial charge in [0.15, 0.2) is 0 Å². The molecule has 0 unspecified atom stereocenters. The molecule has 0 aliphatic heterocycles. The van der Waals surface area contributed by atoms with Gasteiger partial charge in [0.1, 0.15) is 0 Å². The Labute approximate surface area is 75.0 Å². The highest BCUT2D eigenvalue weighted by molar-refractivity contribution is 7.89. The Bertz CT molecular complexity index is 270. The maximum absolute atomic E-state index is 10.8. The molecule has 13 heavy (non-hydrogen) atoms. The number of sulfonamides is 1. The van der Waals surface area contributed by atoms with Crippen molar-refractivity contribution in [3.05, 3.63) is 0 Å². The van der Waals surface area contributed by atoms with Crippen LogP contribution >= 0.6 is 0 Å². The number of ether oxygens (including phenoxy) is 1. The van der Waals surface area contributed by atoms with Gasteiger partial charge in [-0.15, -0.1) is 0 Å². The van der Waals surface area contributed by atoms with Gasteiger partial charge in [-0.2, -0.15) is 0 Å². The van der Waals surface area contributed by atoms with E-state index in [1.54, 1.807) is 0 Å². The standard InChI is InChI=1S/C5H9NO6S/c1-4(7)11-3-13(9,10)6-12-5(2)8/h6H,3H2,1-2H3. The zero-order valence-corrected chi connectivity index (χ0v) is 7.88. The molecule has 0 aliphatic rings. The van der Waals surface area contributed by atoms with E-state index in [0.717, 1.165) is 13.8 Å². The van der Waals surface area contributed by atoms with E-state index >= 15 is 0 Å². The van der Waals surface area contributed by atoms with Crippen LogP contribution in [-0.4, -0.2) is 26.3 Å². The molecular weight excluding hydrogens is 202 g/mol. The minimum atomic E-state index is -3.91. The average molecular weight is 211 g/mol. The lowest BCUT2D eigenvalue weighted by atomic mass is 10.8. The van der Waals surface area contributed by atoms with Crippen LogP contribution < -0.4 is 4.89 Å². The van der Waals surface area contributed by atoms with Crippen molar-refractivity contribution in [1.82, 2.24) is 4.89 Å². The third-order valence-corrected chi connectivity index (χ3v) is 1.50. The monoisotopic (exact) mass is 211 g/mol. The minimum absolute atomic E-state index is 0.742. The topological polar surface area (TPSA) is 98.8 Å². The van der Waals surface area contributed by atoms with E-state index in [1.807, 2.05) is 0 Å². The molecule has 8 heteroatoms. The first kappa shape index (κ1) is 11.8. The summed E-state index contributed by atoms with van der Waals surface area (Å²) in [4.78, 5) is 25.8. The van der Waals surface area contributed by atoms with Gasteiger partial charge in [-0.1, -0.05) is 0 Å². The summed E-state index contributed by atoms with van der Waals surface area (Å²) >= 11 is 0. The van der Waals surface area contributed by atoms with E-state index in [0.29, 0.717) is 0 Å². The summed E-state index contributed by atoms with van der Waals surface area (Å²) in [7, 11) is -3.91. The Kier molecular flexibility index (Phi) is 4.35. The van der Waals surface area contributed by atoms with Gasteiger partial charge in [-0.3, -0.25) is 9.59 Å². The number of rotatable bonds is 4. The Balaban J connectivity index is 3.95. The number of nitrogens with one attached hydrogen (secondary N) is 1. The van der Waals surface area contributed by atoms with Crippen molar-refractivity contribution in [3.63, 3.8) is 0 Å². The molecule has 0 rings (SSSR count). The number of carbonyl (C=O) groups is 2. The van der Waals surface area contributed by atoms with Crippen molar-refractivity contribution >= 4 is 22.0 Å². The lowest BCUT2D eigenvalue weighted by Gasteiger charge is -2.04. The third-order valence-electron chi connectivity index (χ3n) is 0.730. The van der Waals surface area contributed by atoms with Crippen LogP contribution in [0.25, 0.3) is 0 Å². The van der Waals surface area contributed by atoms with Crippen LogP contribution in [0.15, 0.2) is 0 Å². The molecule has 0 aliphatic carbocycles. The third kappa shape index (κ3) is 7.22. The Morgan fingerprint density at radius 3 is 2.15 bits per heavy atom. The highest BCUT2D eigenvalue weighted by Gasteiger charge is 2.13. The van der Waals surface area contributed by atoms with Crippen molar-refractivity contribution in [2.45, 2.75) is 13.8 Å². The van der Waals surface area contributed by atoms with Crippen molar-refractivity contribution in [2.24, 2.45) is 0 Å². The van der Waals surface area contributed by atoms with E-state index in [2.05, 4.69) is 9.57 Å². The van der Waals surface area contributed by atoms with E-state index < -0.39 is 27.9 Å². The second-order valence-corrected chi connectivity index (χ2v) is 3.68. The Morgan fingerprint density at radius 1 is 1.23 bits per heavy atom. The van der Waals surface area contributed by atoms with Crippen LogP contribution in [0, 0.1) is 0 Å². The van der Waals surface area contributed by atoms with Crippen LogP contribution in [-0.2, 0) is 29.2 Å². The molecule has 0 aromatic carbocycles.